The molecule has 184 valence electrons. The van der Waals surface area contributed by atoms with E-state index in [-0.39, 0.29) is 43.1 Å². The molecule has 2 aromatic rings. The quantitative estimate of drug-likeness (QED) is 0.478. The molecule has 1 aromatic carbocycles. The third kappa shape index (κ3) is 4.48. The van der Waals surface area contributed by atoms with Crippen LogP contribution in [0.2, 0.25) is 0 Å². The topological polar surface area (TPSA) is 101 Å². The van der Waals surface area contributed by atoms with Gasteiger partial charge in [0.25, 0.3) is 0 Å². The fraction of sp³-hybridized carbons (Fsp3) is 0.476. The number of aromatic carboxylic acids is 1. The van der Waals surface area contributed by atoms with Crippen LogP contribution in [0, 0.1) is 23.4 Å². The van der Waals surface area contributed by atoms with Gasteiger partial charge in [0.1, 0.15) is 5.82 Å². The third-order valence-electron chi connectivity index (χ3n) is 6.04. The van der Waals surface area contributed by atoms with E-state index in [9.17, 15) is 41.0 Å². The SMILES string of the molecule is N[C@@H](CC(=O)N1CCn2c(C(F)(F)F)nc(C(=O)O)c2C1C1CC1)Cc1cc(F)c(F)cc1F. The van der Waals surface area contributed by atoms with E-state index in [2.05, 4.69) is 4.98 Å². The van der Waals surface area contributed by atoms with E-state index in [4.69, 9.17) is 5.73 Å². The molecule has 1 amide bonds. The Bertz CT molecular complexity index is 1140. The number of rotatable bonds is 6. The molecule has 2 aliphatic rings. The number of benzene rings is 1. The number of carboxylic acids is 1. The summed E-state index contributed by atoms with van der Waals surface area (Å²) >= 11 is 0. The number of aromatic nitrogens is 2. The van der Waals surface area contributed by atoms with Crippen LogP contribution in [0.5, 0.6) is 0 Å². The van der Waals surface area contributed by atoms with Crippen molar-refractivity contribution in [3.8, 4) is 0 Å². The summed E-state index contributed by atoms with van der Waals surface area (Å²) in [6.07, 6.45) is -4.34. The van der Waals surface area contributed by atoms with Crippen molar-refractivity contribution in [3.63, 3.8) is 0 Å². The maximum Gasteiger partial charge on any atom is 0.449 e. The van der Waals surface area contributed by atoms with Crippen molar-refractivity contribution < 1.29 is 41.0 Å². The minimum atomic E-state index is -4.88. The van der Waals surface area contributed by atoms with Gasteiger partial charge in [-0.15, -0.1) is 0 Å². The van der Waals surface area contributed by atoms with E-state index in [1.807, 2.05) is 0 Å². The van der Waals surface area contributed by atoms with Gasteiger partial charge in [0.15, 0.2) is 17.3 Å². The highest BCUT2D eigenvalue weighted by atomic mass is 19.4. The Balaban J connectivity index is 1.59. The molecule has 34 heavy (non-hydrogen) atoms. The molecule has 0 spiro atoms. The summed E-state index contributed by atoms with van der Waals surface area (Å²) in [5.74, 6) is -7.42. The van der Waals surface area contributed by atoms with Crippen molar-refractivity contribution in [1.82, 2.24) is 14.5 Å². The summed E-state index contributed by atoms with van der Waals surface area (Å²) in [5, 5.41) is 9.48. The van der Waals surface area contributed by atoms with Gasteiger partial charge in [-0.3, -0.25) is 4.79 Å². The first-order valence-electron chi connectivity index (χ1n) is 10.5. The molecule has 13 heteroatoms. The predicted octanol–water partition coefficient (Wildman–Crippen LogP) is 3.27. The Hall–Kier alpha value is -3.09. The second kappa shape index (κ2) is 8.60. The number of nitrogens with zero attached hydrogens (tertiary/aromatic N) is 3. The highest BCUT2D eigenvalue weighted by Gasteiger charge is 2.49. The molecule has 4 rings (SSSR count). The number of hydrogen-bond acceptors (Lipinski definition) is 4. The van der Waals surface area contributed by atoms with Crippen LogP contribution in [-0.4, -0.2) is 44.0 Å². The Morgan fingerprint density at radius 2 is 1.76 bits per heavy atom. The number of carbonyl (C=O) groups is 2. The second-order valence-electron chi connectivity index (χ2n) is 8.52. The minimum Gasteiger partial charge on any atom is -0.476 e. The Morgan fingerprint density at radius 1 is 1.12 bits per heavy atom. The Morgan fingerprint density at radius 3 is 2.35 bits per heavy atom. The number of imidazole rings is 1. The van der Waals surface area contributed by atoms with Gasteiger partial charge in [-0.05, 0) is 36.8 Å². The zero-order chi connectivity index (χ0) is 24.9. The monoisotopic (exact) mass is 490 g/mol. The average Bonchev–Trinajstić information content (AvgIpc) is 3.48. The largest absolute Gasteiger partial charge is 0.476 e. The van der Waals surface area contributed by atoms with E-state index < -0.39 is 59.1 Å². The fourth-order valence-corrected chi connectivity index (χ4v) is 4.45. The van der Waals surface area contributed by atoms with Gasteiger partial charge in [0.05, 0.1) is 11.7 Å². The Labute approximate surface area is 189 Å². The number of alkyl halides is 3. The van der Waals surface area contributed by atoms with Crippen molar-refractivity contribution in [2.24, 2.45) is 11.7 Å². The van der Waals surface area contributed by atoms with Crippen LogP contribution >= 0.6 is 0 Å². The molecule has 0 radical (unpaired) electrons. The summed E-state index contributed by atoms with van der Waals surface area (Å²) in [4.78, 5) is 29.4. The second-order valence-corrected chi connectivity index (χ2v) is 8.52. The molecule has 1 aliphatic heterocycles. The van der Waals surface area contributed by atoms with Gasteiger partial charge in [-0.2, -0.15) is 13.2 Å². The lowest BCUT2D eigenvalue weighted by molar-refractivity contribution is -0.148. The molecule has 1 unspecified atom stereocenters. The van der Waals surface area contributed by atoms with Crippen molar-refractivity contribution >= 4 is 11.9 Å². The lowest BCUT2D eigenvalue weighted by atomic mass is 9.98. The zero-order valence-corrected chi connectivity index (χ0v) is 17.6. The van der Waals surface area contributed by atoms with Gasteiger partial charge >= 0.3 is 12.1 Å². The van der Waals surface area contributed by atoms with E-state index >= 15 is 0 Å². The highest BCUT2D eigenvalue weighted by molar-refractivity contribution is 5.88. The number of fused-ring (bicyclic) bond motifs is 1. The summed E-state index contributed by atoms with van der Waals surface area (Å²) in [6, 6.07) is -0.898. The van der Waals surface area contributed by atoms with Gasteiger partial charge < -0.3 is 20.3 Å². The average molecular weight is 490 g/mol. The predicted molar refractivity (Wildman–Crippen MR) is 104 cm³/mol. The molecular formula is C21H20F6N4O3. The van der Waals surface area contributed by atoms with Crippen LogP contribution in [0.25, 0.3) is 0 Å². The molecule has 0 saturated heterocycles. The molecule has 3 N–H and O–H groups in total. The third-order valence-corrected chi connectivity index (χ3v) is 6.04. The summed E-state index contributed by atoms with van der Waals surface area (Å²) < 4.78 is 81.7. The van der Waals surface area contributed by atoms with E-state index in [0.717, 1.165) is 4.57 Å². The molecule has 1 saturated carbocycles. The first-order chi connectivity index (χ1) is 15.9. The van der Waals surface area contributed by atoms with E-state index in [1.54, 1.807) is 0 Å². The number of nitrogens with two attached hydrogens (primary N) is 1. The van der Waals surface area contributed by atoms with Crippen LogP contribution in [0.15, 0.2) is 12.1 Å². The molecule has 1 fully saturated rings. The van der Waals surface area contributed by atoms with Gasteiger partial charge in [0.2, 0.25) is 11.7 Å². The van der Waals surface area contributed by atoms with E-state index in [1.165, 1.54) is 4.90 Å². The molecule has 2 atom stereocenters. The van der Waals surface area contributed by atoms with Crippen molar-refractivity contribution in [2.45, 2.75) is 50.5 Å². The van der Waals surface area contributed by atoms with Crippen molar-refractivity contribution in [1.29, 1.82) is 0 Å². The smallest absolute Gasteiger partial charge is 0.449 e. The maximum absolute atomic E-state index is 13.9. The number of hydrogen-bond donors (Lipinski definition) is 2. The lowest BCUT2D eigenvalue weighted by Crippen LogP contribution is -2.46. The fourth-order valence-electron chi connectivity index (χ4n) is 4.45. The van der Waals surface area contributed by atoms with Gasteiger partial charge in [-0.1, -0.05) is 0 Å². The maximum atomic E-state index is 13.9. The molecule has 7 nitrogen and oxygen atoms in total. The number of carbonyl (C=O) groups excluding carboxylic acids is 1. The van der Waals surface area contributed by atoms with Crippen molar-refractivity contribution in [2.75, 3.05) is 6.54 Å². The summed E-state index contributed by atoms with van der Waals surface area (Å²) in [5.41, 5.74) is 4.79. The van der Waals surface area contributed by atoms with Crippen molar-refractivity contribution in [3.05, 3.63) is 52.4 Å². The van der Waals surface area contributed by atoms with Crippen LogP contribution < -0.4 is 5.73 Å². The van der Waals surface area contributed by atoms with Gasteiger partial charge in [-0.25, -0.2) is 22.9 Å². The van der Waals surface area contributed by atoms with Crippen LogP contribution in [-0.2, 0) is 23.9 Å². The molecule has 2 heterocycles. The molecule has 1 aromatic heterocycles. The number of halogens is 6. The zero-order valence-electron chi connectivity index (χ0n) is 17.6. The van der Waals surface area contributed by atoms with Crippen LogP contribution in [0.4, 0.5) is 26.3 Å². The molecule has 0 bridgehead atoms. The normalized spacial score (nSPS) is 19.1. The standard InChI is InChI=1S/C21H20F6N4O3/c22-12-8-14(24)13(23)6-10(12)5-11(28)7-15(32)30-3-4-31-18(17(30)9-1-2-9)16(19(33)34)29-20(31)21(25,26)27/h6,8-9,11,17H,1-5,7,28H2,(H,33,34)/t11-,17?/m1/s1. The number of carboxylic acid groups (broad SMARTS) is 1. The molecular weight excluding hydrogens is 470 g/mol. The van der Waals surface area contributed by atoms with E-state index in [0.29, 0.717) is 25.0 Å². The lowest BCUT2D eigenvalue weighted by Gasteiger charge is -2.38. The first-order valence-corrected chi connectivity index (χ1v) is 10.5. The number of amides is 1. The Kier molecular flexibility index (Phi) is 6.08. The minimum absolute atomic E-state index is 0.127. The summed E-state index contributed by atoms with van der Waals surface area (Å²) in [7, 11) is 0. The summed E-state index contributed by atoms with van der Waals surface area (Å²) in [6.45, 7) is -0.440. The first kappa shape index (κ1) is 24.0. The van der Waals surface area contributed by atoms with Crippen LogP contribution in [0.1, 0.15) is 52.9 Å². The van der Waals surface area contributed by atoms with Crippen LogP contribution in [0.3, 0.4) is 0 Å². The van der Waals surface area contributed by atoms with Gasteiger partial charge in [0, 0.05) is 31.6 Å². The highest BCUT2D eigenvalue weighted by Crippen LogP contribution is 2.48. The molecule has 1 aliphatic carbocycles.